The molecule has 0 saturated carbocycles. The van der Waals surface area contributed by atoms with E-state index in [1.807, 2.05) is 6.07 Å². The van der Waals surface area contributed by atoms with E-state index >= 15 is 0 Å². The molecule has 1 aromatic carbocycles. The molecule has 3 aromatic rings. The second-order valence-electron chi connectivity index (χ2n) is 4.17. The zero-order valence-corrected chi connectivity index (χ0v) is 12.9. The number of ketones is 1. The SMILES string of the molecule is O=C(c1cccc(Br)c1)c1nccn1-c1ccc(Cl)nn1. The van der Waals surface area contributed by atoms with Gasteiger partial charge in [-0.1, -0.05) is 39.7 Å². The second kappa shape index (κ2) is 5.75. The van der Waals surface area contributed by atoms with Crippen LogP contribution in [-0.4, -0.2) is 25.5 Å². The highest BCUT2D eigenvalue weighted by Crippen LogP contribution is 2.17. The molecule has 3 rings (SSSR count). The van der Waals surface area contributed by atoms with Gasteiger partial charge in [-0.25, -0.2) is 4.98 Å². The maximum Gasteiger partial charge on any atom is 0.228 e. The number of benzene rings is 1. The van der Waals surface area contributed by atoms with Crippen molar-refractivity contribution >= 4 is 33.3 Å². The Labute approximate surface area is 133 Å². The van der Waals surface area contributed by atoms with E-state index in [0.29, 0.717) is 16.5 Å². The first-order valence-electron chi connectivity index (χ1n) is 5.98. The number of hydrogen-bond donors (Lipinski definition) is 0. The van der Waals surface area contributed by atoms with Gasteiger partial charge in [-0.05, 0) is 24.3 Å². The predicted octanol–water partition coefficient (Wildman–Crippen LogP) is 3.31. The first-order valence-corrected chi connectivity index (χ1v) is 7.15. The lowest BCUT2D eigenvalue weighted by Gasteiger charge is -2.06. The number of hydrogen-bond acceptors (Lipinski definition) is 4. The van der Waals surface area contributed by atoms with Crippen molar-refractivity contribution in [1.29, 1.82) is 0 Å². The number of nitrogens with zero attached hydrogens (tertiary/aromatic N) is 4. The highest BCUT2D eigenvalue weighted by molar-refractivity contribution is 9.10. The fourth-order valence-corrected chi connectivity index (χ4v) is 2.35. The molecule has 2 heterocycles. The van der Waals surface area contributed by atoms with Crippen molar-refractivity contribution in [2.75, 3.05) is 0 Å². The number of carbonyl (C=O) groups excluding carboxylic acids is 1. The highest BCUT2D eigenvalue weighted by atomic mass is 79.9. The fourth-order valence-electron chi connectivity index (χ4n) is 1.85. The van der Waals surface area contributed by atoms with E-state index in [2.05, 4.69) is 31.1 Å². The van der Waals surface area contributed by atoms with Gasteiger partial charge in [0.1, 0.15) is 0 Å². The molecule has 0 atom stereocenters. The minimum atomic E-state index is -0.196. The van der Waals surface area contributed by atoms with Gasteiger partial charge in [0.2, 0.25) is 5.78 Å². The summed E-state index contributed by atoms with van der Waals surface area (Å²) in [5, 5.41) is 8.02. The lowest BCUT2D eigenvalue weighted by Crippen LogP contribution is -2.11. The van der Waals surface area contributed by atoms with Gasteiger partial charge in [-0.15, -0.1) is 10.2 Å². The number of imidazole rings is 1. The van der Waals surface area contributed by atoms with Gasteiger partial charge >= 0.3 is 0 Å². The molecule has 104 valence electrons. The van der Waals surface area contributed by atoms with Crippen molar-refractivity contribution in [2.45, 2.75) is 0 Å². The van der Waals surface area contributed by atoms with Crippen LogP contribution in [0.5, 0.6) is 0 Å². The van der Waals surface area contributed by atoms with Gasteiger partial charge in [0.05, 0.1) is 0 Å². The molecule has 0 aliphatic carbocycles. The van der Waals surface area contributed by atoms with E-state index in [4.69, 9.17) is 11.6 Å². The van der Waals surface area contributed by atoms with Crippen molar-refractivity contribution in [3.8, 4) is 5.82 Å². The second-order valence-corrected chi connectivity index (χ2v) is 5.48. The van der Waals surface area contributed by atoms with Gasteiger partial charge in [-0.2, -0.15) is 0 Å². The van der Waals surface area contributed by atoms with Gasteiger partial charge in [0.15, 0.2) is 16.8 Å². The van der Waals surface area contributed by atoms with Gasteiger partial charge < -0.3 is 0 Å². The number of carbonyl (C=O) groups is 1. The fraction of sp³-hybridized carbons (Fsp3) is 0. The van der Waals surface area contributed by atoms with Crippen LogP contribution in [0.1, 0.15) is 16.2 Å². The van der Waals surface area contributed by atoms with Crippen LogP contribution in [0.15, 0.2) is 53.3 Å². The number of rotatable bonds is 3. The van der Waals surface area contributed by atoms with Crippen LogP contribution in [0.2, 0.25) is 5.15 Å². The Balaban J connectivity index is 2.03. The van der Waals surface area contributed by atoms with E-state index in [9.17, 15) is 4.79 Å². The van der Waals surface area contributed by atoms with E-state index < -0.39 is 0 Å². The molecular formula is C14H8BrClN4O. The summed E-state index contributed by atoms with van der Waals surface area (Å²) in [6, 6.07) is 10.4. The van der Waals surface area contributed by atoms with Crippen LogP contribution in [0, 0.1) is 0 Å². The standard InChI is InChI=1S/C14H8BrClN4O/c15-10-3-1-2-9(8-10)13(21)14-17-6-7-20(14)12-5-4-11(16)18-19-12/h1-8H. The molecule has 0 N–H and O–H groups in total. The summed E-state index contributed by atoms with van der Waals surface area (Å²) in [7, 11) is 0. The predicted molar refractivity (Wildman–Crippen MR) is 81.7 cm³/mol. The molecule has 0 spiro atoms. The third-order valence-electron chi connectivity index (χ3n) is 2.80. The first kappa shape index (κ1) is 13.9. The molecule has 0 aliphatic heterocycles. The molecule has 0 unspecified atom stereocenters. The van der Waals surface area contributed by atoms with E-state index in [1.165, 1.54) is 0 Å². The largest absolute Gasteiger partial charge is 0.285 e. The molecule has 5 nitrogen and oxygen atoms in total. The summed E-state index contributed by atoms with van der Waals surface area (Å²) in [4.78, 5) is 16.7. The van der Waals surface area contributed by atoms with Gasteiger partial charge in [0, 0.05) is 22.4 Å². The summed E-state index contributed by atoms with van der Waals surface area (Å²) >= 11 is 9.07. The Morgan fingerprint density at radius 2 is 2.05 bits per heavy atom. The van der Waals surface area contributed by atoms with Crippen LogP contribution >= 0.6 is 27.5 Å². The van der Waals surface area contributed by atoms with Gasteiger partial charge in [0.25, 0.3) is 0 Å². The molecule has 2 aromatic heterocycles. The Hall–Kier alpha value is -2.05. The smallest absolute Gasteiger partial charge is 0.228 e. The minimum absolute atomic E-state index is 0.196. The maximum atomic E-state index is 12.5. The number of halogens is 2. The molecule has 0 saturated heterocycles. The summed E-state index contributed by atoms with van der Waals surface area (Å²) < 4.78 is 2.41. The quantitative estimate of drug-likeness (QED) is 0.670. The van der Waals surface area contributed by atoms with Crippen molar-refractivity contribution in [1.82, 2.24) is 19.7 Å². The van der Waals surface area contributed by atoms with Crippen LogP contribution in [0.25, 0.3) is 5.82 Å². The zero-order chi connectivity index (χ0) is 14.8. The Morgan fingerprint density at radius 3 is 2.76 bits per heavy atom. The Bertz CT molecular complexity index is 801. The molecule has 21 heavy (non-hydrogen) atoms. The molecule has 0 aliphatic rings. The summed E-state index contributed by atoms with van der Waals surface area (Å²) in [5.74, 6) is 0.554. The highest BCUT2D eigenvalue weighted by Gasteiger charge is 2.17. The van der Waals surface area contributed by atoms with Gasteiger partial charge in [-0.3, -0.25) is 9.36 Å². The lowest BCUT2D eigenvalue weighted by atomic mass is 10.1. The normalized spacial score (nSPS) is 10.6. The Kier molecular flexibility index (Phi) is 3.81. The van der Waals surface area contributed by atoms with Crippen molar-refractivity contribution in [3.05, 3.63) is 69.8 Å². The third kappa shape index (κ3) is 2.86. The number of aromatic nitrogens is 4. The van der Waals surface area contributed by atoms with Crippen molar-refractivity contribution < 1.29 is 4.79 Å². The molecule has 7 heteroatoms. The minimum Gasteiger partial charge on any atom is -0.285 e. The molecule has 0 radical (unpaired) electrons. The average Bonchev–Trinajstić information content (AvgIpc) is 2.96. The Morgan fingerprint density at radius 1 is 1.19 bits per heavy atom. The van der Waals surface area contributed by atoms with Crippen LogP contribution in [0.4, 0.5) is 0 Å². The van der Waals surface area contributed by atoms with E-state index in [-0.39, 0.29) is 11.6 Å². The summed E-state index contributed by atoms with van der Waals surface area (Å²) in [6.07, 6.45) is 3.20. The molecule has 0 bridgehead atoms. The van der Waals surface area contributed by atoms with Crippen molar-refractivity contribution in [3.63, 3.8) is 0 Å². The van der Waals surface area contributed by atoms with Crippen LogP contribution < -0.4 is 0 Å². The topological polar surface area (TPSA) is 60.7 Å². The van der Waals surface area contributed by atoms with Crippen LogP contribution in [-0.2, 0) is 0 Å². The molecule has 0 fully saturated rings. The summed E-state index contributed by atoms with van der Waals surface area (Å²) in [5.41, 5.74) is 0.541. The monoisotopic (exact) mass is 362 g/mol. The zero-order valence-electron chi connectivity index (χ0n) is 10.6. The molecular weight excluding hydrogens is 356 g/mol. The maximum absolute atomic E-state index is 12.5. The van der Waals surface area contributed by atoms with E-state index in [1.54, 1.807) is 47.3 Å². The lowest BCUT2D eigenvalue weighted by molar-refractivity contribution is 0.102. The van der Waals surface area contributed by atoms with E-state index in [0.717, 1.165) is 4.47 Å². The van der Waals surface area contributed by atoms with Crippen molar-refractivity contribution in [2.24, 2.45) is 0 Å². The third-order valence-corrected chi connectivity index (χ3v) is 3.49. The average molecular weight is 364 g/mol. The molecule has 0 amide bonds. The van der Waals surface area contributed by atoms with Crippen LogP contribution in [0.3, 0.4) is 0 Å². The first-order chi connectivity index (χ1) is 10.1. The summed E-state index contributed by atoms with van der Waals surface area (Å²) in [6.45, 7) is 0.